The summed E-state index contributed by atoms with van der Waals surface area (Å²) in [6, 6.07) is 10.6. The van der Waals surface area contributed by atoms with Crippen molar-refractivity contribution < 1.29 is 4.39 Å². The molecule has 1 unspecified atom stereocenters. The second-order valence-electron chi connectivity index (χ2n) is 4.55. The van der Waals surface area contributed by atoms with Crippen LogP contribution >= 0.6 is 15.9 Å². The van der Waals surface area contributed by atoms with Crippen LogP contribution in [0.3, 0.4) is 0 Å². The first-order valence-electron chi connectivity index (χ1n) is 5.76. The van der Waals surface area contributed by atoms with Gasteiger partial charge in [-0.1, -0.05) is 34.1 Å². The third kappa shape index (κ3) is 2.79. The zero-order valence-corrected chi connectivity index (χ0v) is 12.0. The summed E-state index contributed by atoms with van der Waals surface area (Å²) in [6.45, 7) is 3.88. The maximum absolute atomic E-state index is 13.4. The van der Waals surface area contributed by atoms with Gasteiger partial charge in [-0.2, -0.15) is 0 Å². The Balaban J connectivity index is 2.40. The maximum atomic E-state index is 13.4. The lowest BCUT2D eigenvalue weighted by atomic mass is 9.97. The van der Waals surface area contributed by atoms with Gasteiger partial charge in [0.2, 0.25) is 0 Å². The molecule has 1 atom stereocenters. The van der Waals surface area contributed by atoms with Crippen molar-refractivity contribution in [2.24, 2.45) is 5.73 Å². The summed E-state index contributed by atoms with van der Waals surface area (Å²) < 4.78 is 14.4. The number of rotatable bonds is 2. The molecule has 2 rings (SSSR count). The van der Waals surface area contributed by atoms with Crippen LogP contribution in [0.4, 0.5) is 4.39 Å². The molecule has 0 amide bonds. The summed E-state index contributed by atoms with van der Waals surface area (Å²) in [5, 5.41) is 0. The lowest BCUT2D eigenvalue weighted by molar-refractivity contribution is 0.622. The molecule has 0 aromatic heterocycles. The van der Waals surface area contributed by atoms with Gasteiger partial charge < -0.3 is 5.73 Å². The molecule has 18 heavy (non-hydrogen) atoms. The lowest BCUT2D eigenvalue weighted by Crippen LogP contribution is -2.12. The van der Waals surface area contributed by atoms with Crippen LogP contribution in [0.15, 0.2) is 40.9 Å². The highest BCUT2D eigenvalue weighted by atomic mass is 79.9. The van der Waals surface area contributed by atoms with Crippen LogP contribution in [0, 0.1) is 19.7 Å². The monoisotopic (exact) mass is 307 g/mol. The fourth-order valence-corrected chi connectivity index (χ4v) is 2.24. The molecular weight excluding hydrogens is 293 g/mol. The van der Waals surface area contributed by atoms with Gasteiger partial charge in [-0.3, -0.25) is 0 Å². The normalized spacial score (nSPS) is 12.5. The second-order valence-corrected chi connectivity index (χ2v) is 5.40. The van der Waals surface area contributed by atoms with Gasteiger partial charge in [-0.05, 0) is 54.3 Å². The highest BCUT2D eigenvalue weighted by molar-refractivity contribution is 9.10. The van der Waals surface area contributed by atoms with Crippen molar-refractivity contribution in [2.75, 3.05) is 0 Å². The van der Waals surface area contributed by atoms with E-state index in [0.29, 0.717) is 0 Å². The third-order valence-electron chi connectivity index (χ3n) is 2.96. The fourth-order valence-electron chi connectivity index (χ4n) is 2.00. The van der Waals surface area contributed by atoms with Crippen LogP contribution in [0.5, 0.6) is 0 Å². The van der Waals surface area contributed by atoms with Crippen molar-refractivity contribution in [3.8, 4) is 0 Å². The average Bonchev–Trinajstić information content (AvgIpc) is 2.30. The number of benzene rings is 2. The van der Waals surface area contributed by atoms with Crippen molar-refractivity contribution in [3.63, 3.8) is 0 Å². The van der Waals surface area contributed by atoms with E-state index in [0.717, 1.165) is 26.7 Å². The Labute approximate surface area is 115 Å². The Hall–Kier alpha value is -1.19. The molecule has 2 aromatic carbocycles. The zero-order chi connectivity index (χ0) is 13.3. The molecule has 0 radical (unpaired) electrons. The van der Waals surface area contributed by atoms with Gasteiger partial charge >= 0.3 is 0 Å². The lowest BCUT2D eigenvalue weighted by Gasteiger charge is -2.14. The fraction of sp³-hybridized carbons (Fsp3) is 0.200. The predicted molar refractivity (Wildman–Crippen MR) is 76.0 cm³/mol. The van der Waals surface area contributed by atoms with E-state index in [4.69, 9.17) is 5.73 Å². The minimum atomic E-state index is -0.300. The van der Waals surface area contributed by atoms with Gasteiger partial charge in [-0.25, -0.2) is 4.39 Å². The first-order valence-corrected chi connectivity index (χ1v) is 6.55. The minimum Gasteiger partial charge on any atom is -0.320 e. The van der Waals surface area contributed by atoms with Crippen molar-refractivity contribution in [2.45, 2.75) is 19.9 Å². The van der Waals surface area contributed by atoms with Crippen LogP contribution in [-0.4, -0.2) is 0 Å². The van der Waals surface area contributed by atoms with E-state index in [1.807, 2.05) is 38.1 Å². The van der Waals surface area contributed by atoms with Crippen LogP contribution in [0.1, 0.15) is 28.3 Å². The standard InChI is InChI=1S/C15H15BrFN/c1-9-5-12(8-13(17)6-9)15(18)11-3-4-14(16)10(2)7-11/h3-8,15H,18H2,1-2H3. The van der Waals surface area contributed by atoms with E-state index >= 15 is 0 Å². The molecule has 94 valence electrons. The number of halogens is 2. The summed E-state index contributed by atoms with van der Waals surface area (Å²) >= 11 is 3.46. The summed E-state index contributed by atoms with van der Waals surface area (Å²) in [5.74, 6) is -0.241. The SMILES string of the molecule is Cc1cc(F)cc(C(N)c2ccc(Br)c(C)c2)c1. The van der Waals surface area contributed by atoms with E-state index in [1.54, 1.807) is 0 Å². The largest absolute Gasteiger partial charge is 0.320 e. The van der Waals surface area contributed by atoms with Gasteiger partial charge in [0.25, 0.3) is 0 Å². The molecule has 1 nitrogen and oxygen atoms in total. The van der Waals surface area contributed by atoms with Gasteiger partial charge in [0.05, 0.1) is 6.04 Å². The maximum Gasteiger partial charge on any atom is 0.123 e. The summed E-state index contributed by atoms with van der Waals surface area (Å²) in [5.41, 5.74) is 9.98. The second kappa shape index (κ2) is 5.21. The van der Waals surface area contributed by atoms with Crippen LogP contribution in [-0.2, 0) is 0 Å². The smallest absolute Gasteiger partial charge is 0.123 e. The topological polar surface area (TPSA) is 26.0 Å². The molecule has 0 aliphatic heterocycles. The molecule has 0 aliphatic carbocycles. The molecule has 0 heterocycles. The van der Waals surface area contributed by atoms with E-state index in [2.05, 4.69) is 15.9 Å². The van der Waals surface area contributed by atoms with Crippen LogP contribution < -0.4 is 5.73 Å². The number of hydrogen-bond acceptors (Lipinski definition) is 1. The number of hydrogen-bond donors (Lipinski definition) is 1. The van der Waals surface area contributed by atoms with Crippen molar-refractivity contribution in [3.05, 3.63) is 68.9 Å². The van der Waals surface area contributed by atoms with Crippen LogP contribution in [0.2, 0.25) is 0 Å². The molecule has 0 spiro atoms. The zero-order valence-electron chi connectivity index (χ0n) is 10.4. The quantitative estimate of drug-likeness (QED) is 0.881. The average molecular weight is 308 g/mol. The molecule has 3 heteroatoms. The van der Waals surface area contributed by atoms with Crippen molar-refractivity contribution >= 4 is 15.9 Å². The van der Waals surface area contributed by atoms with Gasteiger partial charge in [0.1, 0.15) is 5.82 Å². The van der Waals surface area contributed by atoms with Gasteiger partial charge in [0, 0.05) is 4.47 Å². The Morgan fingerprint density at radius 2 is 1.78 bits per heavy atom. The van der Waals surface area contributed by atoms with E-state index in [1.165, 1.54) is 12.1 Å². The highest BCUT2D eigenvalue weighted by Gasteiger charge is 2.11. The number of nitrogens with two attached hydrogens (primary N) is 1. The van der Waals surface area contributed by atoms with Crippen molar-refractivity contribution in [1.29, 1.82) is 0 Å². The van der Waals surface area contributed by atoms with Crippen LogP contribution in [0.25, 0.3) is 0 Å². The molecule has 0 saturated carbocycles. The summed E-state index contributed by atoms with van der Waals surface area (Å²) in [7, 11) is 0. The van der Waals surface area contributed by atoms with E-state index < -0.39 is 0 Å². The summed E-state index contributed by atoms with van der Waals surface area (Å²) in [4.78, 5) is 0. The molecule has 0 saturated heterocycles. The molecule has 2 N–H and O–H groups in total. The first kappa shape index (κ1) is 13.2. The Morgan fingerprint density at radius 3 is 2.39 bits per heavy atom. The van der Waals surface area contributed by atoms with E-state index in [9.17, 15) is 4.39 Å². The molecule has 0 aliphatic rings. The van der Waals surface area contributed by atoms with Gasteiger partial charge in [-0.15, -0.1) is 0 Å². The van der Waals surface area contributed by atoms with Gasteiger partial charge in [0.15, 0.2) is 0 Å². The Kier molecular flexibility index (Phi) is 3.83. The number of aryl methyl sites for hydroxylation is 2. The predicted octanol–water partition coefficient (Wildman–Crippen LogP) is 4.25. The Bertz CT molecular complexity index is 560. The molecular formula is C15H15BrFN. The summed E-state index contributed by atoms with van der Waals surface area (Å²) in [6.07, 6.45) is 0. The first-order chi connectivity index (χ1) is 8.47. The molecule has 0 bridgehead atoms. The van der Waals surface area contributed by atoms with Crippen molar-refractivity contribution in [1.82, 2.24) is 0 Å². The van der Waals surface area contributed by atoms with E-state index in [-0.39, 0.29) is 11.9 Å². The highest BCUT2D eigenvalue weighted by Crippen LogP contribution is 2.25. The minimum absolute atomic E-state index is 0.241. The third-order valence-corrected chi connectivity index (χ3v) is 3.85. The Morgan fingerprint density at radius 1 is 1.06 bits per heavy atom. The molecule has 2 aromatic rings. The molecule has 0 fully saturated rings.